The molecule has 1 atom stereocenters. The summed E-state index contributed by atoms with van der Waals surface area (Å²) in [4.78, 5) is 25.1. The number of thioether (sulfide) groups is 1. The molecule has 2 aromatic rings. The second kappa shape index (κ2) is 12.5. The van der Waals surface area contributed by atoms with Crippen LogP contribution >= 0.6 is 27.7 Å². The van der Waals surface area contributed by atoms with Crippen LogP contribution in [-0.2, 0) is 4.79 Å². The monoisotopic (exact) mass is 463 g/mol. The molecule has 0 aliphatic rings. The van der Waals surface area contributed by atoms with Gasteiger partial charge in [0.2, 0.25) is 5.91 Å². The van der Waals surface area contributed by atoms with Crippen molar-refractivity contribution in [3.8, 4) is 0 Å². The van der Waals surface area contributed by atoms with Crippen LogP contribution in [0.1, 0.15) is 23.2 Å². The molecule has 7 heteroatoms. The van der Waals surface area contributed by atoms with Crippen LogP contribution in [0.2, 0.25) is 0 Å². The molecule has 0 saturated heterocycles. The van der Waals surface area contributed by atoms with E-state index in [-0.39, 0.29) is 11.8 Å². The molecule has 0 spiro atoms. The van der Waals surface area contributed by atoms with Gasteiger partial charge in [-0.1, -0.05) is 30.3 Å². The fraction of sp³-hybridized carbons (Fsp3) is 0.333. The van der Waals surface area contributed by atoms with Crippen molar-refractivity contribution < 1.29 is 9.59 Å². The Hall–Kier alpha value is -1.99. The van der Waals surface area contributed by atoms with Gasteiger partial charge in [-0.2, -0.15) is 11.8 Å². The summed E-state index contributed by atoms with van der Waals surface area (Å²) in [6.45, 7) is 1.32. The molecule has 0 bridgehead atoms. The number of amides is 2. The van der Waals surface area contributed by atoms with Crippen molar-refractivity contribution in [2.24, 2.45) is 0 Å². The molecule has 3 N–H and O–H groups in total. The SMILES string of the molecule is CSCCC(NC(=O)c1ccccc1Br)C(=O)NCCCNc1ccccc1. The molecule has 150 valence electrons. The zero-order chi connectivity index (χ0) is 20.2. The molecule has 2 aromatic carbocycles. The van der Waals surface area contributed by atoms with Crippen LogP contribution in [0.3, 0.4) is 0 Å². The number of rotatable bonds is 11. The molecule has 2 amide bonds. The summed E-state index contributed by atoms with van der Waals surface area (Å²) in [5, 5.41) is 9.11. The Bertz CT molecular complexity index is 758. The first-order valence-electron chi connectivity index (χ1n) is 9.22. The Morgan fingerprint density at radius 3 is 2.46 bits per heavy atom. The van der Waals surface area contributed by atoms with E-state index in [1.165, 1.54) is 0 Å². The van der Waals surface area contributed by atoms with Gasteiger partial charge in [-0.3, -0.25) is 9.59 Å². The number of anilines is 1. The van der Waals surface area contributed by atoms with Gasteiger partial charge in [-0.15, -0.1) is 0 Å². The van der Waals surface area contributed by atoms with Gasteiger partial charge in [-0.25, -0.2) is 0 Å². The minimum Gasteiger partial charge on any atom is -0.385 e. The molecule has 5 nitrogen and oxygen atoms in total. The van der Waals surface area contributed by atoms with Crippen molar-refractivity contribution in [3.05, 3.63) is 64.6 Å². The van der Waals surface area contributed by atoms with E-state index < -0.39 is 6.04 Å². The predicted octanol–water partition coefficient (Wildman–Crippen LogP) is 3.92. The van der Waals surface area contributed by atoms with E-state index in [0.29, 0.717) is 23.0 Å². The summed E-state index contributed by atoms with van der Waals surface area (Å²) in [5.41, 5.74) is 1.59. The lowest BCUT2D eigenvalue weighted by molar-refractivity contribution is -0.123. The van der Waals surface area contributed by atoms with Gasteiger partial charge in [0, 0.05) is 23.2 Å². The van der Waals surface area contributed by atoms with Crippen molar-refractivity contribution in [3.63, 3.8) is 0 Å². The molecule has 0 fully saturated rings. The molecular formula is C21H26BrN3O2S. The molecule has 0 radical (unpaired) electrons. The van der Waals surface area contributed by atoms with Crippen LogP contribution in [-0.4, -0.2) is 43.0 Å². The summed E-state index contributed by atoms with van der Waals surface area (Å²) < 4.78 is 0.712. The third kappa shape index (κ3) is 7.56. The first-order chi connectivity index (χ1) is 13.6. The highest BCUT2D eigenvalue weighted by Gasteiger charge is 2.21. The van der Waals surface area contributed by atoms with E-state index in [2.05, 4.69) is 31.9 Å². The van der Waals surface area contributed by atoms with Crippen LogP contribution < -0.4 is 16.0 Å². The molecule has 0 heterocycles. The lowest BCUT2D eigenvalue weighted by Gasteiger charge is -2.18. The highest BCUT2D eigenvalue weighted by atomic mass is 79.9. The molecule has 0 aromatic heterocycles. The lowest BCUT2D eigenvalue weighted by atomic mass is 10.1. The Labute approximate surface area is 179 Å². The van der Waals surface area contributed by atoms with Crippen molar-refractivity contribution in [2.45, 2.75) is 18.9 Å². The Morgan fingerprint density at radius 1 is 1.04 bits per heavy atom. The van der Waals surface area contributed by atoms with E-state index in [0.717, 1.165) is 24.4 Å². The van der Waals surface area contributed by atoms with Crippen LogP contribution in [0.5, 0.6) is 0 Å². The Kier molecular flexibility index (Phi) is 9.93. The summed E-state index contributed by atoms with van der Waals surface area (Å²) in [5.74, 6) is 0.401. The lowest BCUT2D eigenvalue weighted by Crippen LogP contribution is -2.47. The van der Waals surface area contributed by atoms with E-state index in [1.54, 1.807) is 23.9 Å². The maximum Gasteiger partial charge on any atom is 0.253 e. The standard InChI is InChI=1S/C21H26BrN3O2S/c1-28-15-12-19(25-20(26)17-10-5-6-11-18(17)22)21(27)24-14-7-13-23-16-8-3-2-4-9-16/h2-6,8-11,19,23H,7,12-15H2,1H3,(H,24,27)(H,25,26). The van der Waals surface area contributed by atoms with Crippen LogP contribution in [0, 0.1) is 0 Å². The van der Waals surface area contributed by atoms with Gasteiger partial charge in [0.05, 0.1) is 5.56 Å². The first-order valence-corrected chi connectivity index (χ1v) is 11.4. The second-order valence-electron chi connectivity index (χ2n) is 6.22. The number of hydrogen-bond donors (Lipinski definition) is 3. The number of halogens is 1. The highest BCUT2D eigenvalue weighted by molar-refractivity contribution is 9.10. The number of benzene rings is 2. The minimum absolute atomic E-state index is 0.144. The van der Waals surface area contributed by atoms with Crippen LogP contribution in [0.4, 0.5) is 5.69 Å². The van der Waals surface area contributed by atoms with Crippen molar-refractivity contribution in [1.29, 1.82) is 0 Å². The third-order valence-corrected chi connectivity index (χ3v) is 5.44. The number of hydrogen-bond acceptors (Lipinski definition) is 4. The van der Waals surface area contributed by atoms with Crippen LogP contribution in [0.25, 0.3) is 0 Å². The molecule has 1 unspecified atom stereocenters. The van der Waals surface area contributed by atoms with Gasteiger partial charge in [0.15, 0.2) is 0 Å². The maximum absolute atomic E-state index is 12.6. The van der Waals surface area contributed by atoms with Gasteiger partial charge >= 0.3 is 0 Å². The van der Waals surface area contributed by atoms with E-state index in [9.17, 15) is 9.59 Å². The van der Waals surface area contributed by atoms with Crippen molar-refractivity contribution in [1.82, 2.24) is 10.6 Å². The minimum atomic E-state index is -0.547. The quantitative estimate of drug-likeness (QED) is 0.441. The Balaban J connectivity index is 1.81. The third-order valence-electron chi connectivity index (χ3n) is 4.11. The molecule has 2 rings (SSSR count). The van der Waals surface area contributed by atoms with Gasteiger partial charge in [0.25, 0.3) is 5.91 Å². The average Bonchev–Trinajstić information content (AvgIpc) is 2.71. The molecule has 28 heavy (non-hydrogen) atoms. The predicted molar refractivity (Wildman–Crippen MR) is 121 cm³/mol. The van der Waals surface area contributed by atoms with Gasteiger partial charge in [0.1, 0.15) is 6.04 Å². The van der Waals surface area contributed by atoms with Gasteiger partial charge in [-0.05, 0) is 65.0 Å². The highest BCUT2D eigenvalue weighted by Crippen LogP contribution is 2.16. The average molecular weight is 464 g/mol. The molecule has 0 aliphatic heterocycles. The van der Waals surface area contributed by atoms with E-state index >= 15 is 0 Å². The summed E-state index contributed by atoms with van der Waals surface area (Å²) >= 11 is 5.03. The zero-order valence-corrected chi connectivity index (χ0v) is 18.3. The molecule has 0 aliphatic carbocycles. The number of nitrogens with one attached hydrogen (secondary N) is 3. The summed E-state index contributed by atoms with van der Waals surface area (Å²) in [6.07, 6.45) is 3.37. The number of carbonyl (C=O) groups excluding carboxylic acids is 2. The first kappa shape index (κ1) is 22.3. The van der Waals surface area contributed by atoms with Gasteiger partial charge < -0.3 is 16.0 Å². The summed E-state index contributed by atoms with van der Waals surface area (Å²) in [6, 6.07) is 16.6. The van der Waals surface area contributed by atoms with Crippen molar-refractivity contribution >= 4 is 45.2 Å². The van der Waals surface area contributed by atoms with Crippen molar-refractivity contribution in [2.75, 3.05) is 30.4 Å². The summed E-state index contributed by atoms with van der Waals surface area (Å²) in [7, 11) is 0. The fourth-order valence-electron chi connectivity index (χ4n) is 2.60. The van der Waals surface area contributed by atoms with Crippen LogP contribution in [0.15, 0.2) is 59.1 Å². The number of para-hydroxylation sites is 1. The Morgan fingerprint density at radius 2 is 1.75 bits per heavy atom. The topological polar surface area (TPSA) is 70.2 Å². The van der Waals surface area contributed by atoms with E-state index in [1.807, 2.05) is 48.7 Å². The smallest absolute Gasteiger partial charge is 0.253 e. The normalized spacial score (nSPS) is 11.5. The maximum atomic E-state index is 12.6. The largest absolute Gasteiger partial charge is 0.385 e. The second-order valence-corrected chi connectivity index (χ2v) is 8.06. The molecular weight excluding hydrogens is 438 g/mol. The van der Waals surface area contributed by atoms with E-state index in [4.69, 9.17) is 0 Å². The number of carbonyl (C=O) groups is 2. The zero-order valence-electron chi connectivity index (χ0n) is 15.9. The molecule has 0 saturated carbocycles. The fourth-order valence-corrected chi connectivity index (χ4v) is 3.53.